The molecule has 0 saturated heterocycles. The van der Waals surface area contributed by atoms with E-state index in [1.807, 2.05) is 73.3 Å². The van der Waals surface area contributed by atoms with E-state index in [4.69, 9.17) is 14.6 Å². The summed E-state index contributed by atoms with van der Waals surface area (Å²) < 4.78 is 13.4. The van der Waals surface area contributed by atoms with E-state index in [9.17, 15) is 4.79 Å². The molecule has 1 heterocycles. The van der Waals surface area contributed by atoms with Gasteiger partial charge in [-0.2, -0.15) is 5.10 Å². The predicted octanol–water partition coefficient (Wildman–Crippen LogP) is 5.38. The molecule has 0 spiro atoms. The Morgan fingerprint density at radius 2 is 1.71 bits per heavy atom. The van der Waals surface area contributed by atoms with Crippen LogP contribution in [0.15, 0.2) is 54.6 Å². The second-order valence-electron chi connectivity index (χ2n) is 7.92. The van der Waals surface area contributed by atoms with Gasteiger partial charge in [-0.3, -0.25) is 4.79 Å². The van der Waals surface area contributed by atoms with E-state index in [0.29, 0.717) is 37.1 Å². The van der Waals surface area contributed by atoms with Crippen LogP contribution in [0.5, 0.6) is 17.4 Å². The van der Waals surface area contributed by atoms with Gasteiger partial charge in [0.2, 0.25) is 11.8 Å². The van der Waals surface area contributed by atoms with Crippen LogP contribution in [0.25, 0.3) is 5.69 Å². The van der Waals surface area contributed by atoms with Crippen molar-refractivity contribution in [1.29, 1.82) is 0 Å². The Morgan fingerprint density at radius 3 is 2.29 bits per heavy atom. The number of ether oxygens (including phenoxy) is 2. The highest BCUT2D eigenvalue weighted by molar-refractivity contribution is 5.76. The number of benzene rings is 2. The molecule has 3 aromatic rings. The lowest BCUT2D eigenvalue weighted by molar-refractivity contribution is -0.132. The lowest BCUT2D eigenvalue weighted by Crippen LogP contribution is -2.33. The van der Waals surface area contributed by atoms with Crippen molar-refractivity contribution in [3.8, 4) is 23.1 Å². The van der Waals surface area contributed by atoms with Crippen LogP contribution in [-0.2, 0) is 11.3 Å². The average molecular weight is 422 g/mol. The van der Waals surface area contributed by atoms with Gasteiger partial charge in [0.25, 0.3) is 0 Å². The first-order chi connectivity index (χ1) is 14.9. The number of nitrogens with zero attached hydrogens (tertiary/aromatic N) is 3. The van der Waals surface area contributed by atoms with Gasteiger partial charge in [-0.1, -0.05) is 39.0 Å². The number of amides is 1. The third-order valence-corrected chi connectivity index (χ3v) is 5.00. The van der Waals surface area contributed by atoms with Crippen molar-refractivity contribution in [3.63, 3.8) is 0 Å². The Hall–Kier alpha value is -3.28. The molecule has 3 rings (SSSR count). The molecule has 0 aliphatic carbocycles. The van der Waals surface area contributed by atoms with Crippen molar-refractivity contribution in [1.82, 2.24) is 14.7 Å². The SMILES string of the molecule is CCC(=O)N(Cc1c(C)nn(-c2ccccc2)c1Oc1ccc(OC)cc1)CC(C)C. The molecule has 0 unspecified atom stereocenters. The summed E-state index contributed by atoms with van der Waals surface area (Å²) >= 11 is 0. The minimum absolute atomic E-state index is 0.121. The van der Waals surface area contributed by atoms with Crippen LogP contribution in [-0.4, -0.2) is 34.2 Å². The number of rotatable bonds is 9. The lowest BCUT2D eigenvalue weighted by atomic mass is 10.1. The number of hydrogen-bond donors (Lipinski definition) is 0. The summed E-state index contributed by atoms with van der Waals surface area (Å²) in [5, 5.41) is 4.76. The number of methoxy groups -OCH3 is 1. The molecule has 6 nitrogen and oxygen atoms in total. The van der Waals surface area contributed by atoms with Crippen LogP contribution in [0, 0.1) is 12.8 Å². The maximum absolute atomic E-state index is 12.6. The first-order valence-corrected chi connectivity index (χ1v) is 10.7. The molecule has 6 heteroatoms. The molecule has 1 aromatic heterocycles. The zero-order chi connectivity index (χ0) is 22.4. The highest BCUT2D eigenvalue weighted by Gasteiger charge is 2.23. The van der Waals surface area contributed by atoms with Crippen LogP contribution >= 0.6 is 0 Å². The van der Waals surface area contributed by atoms with E-state index in [1.54, 1.807) is 11.8 Å². The fourth-order valence-electron chi connectivity index (χ4n) is 3.43. The minimum Gasteiger partial charge on any atom is -0.497 e. The van der Waals surface area contributed by atoms with Gasteiger partial charge in [0, 0.05) is 13.0 Å². The third kappa shape index (κ3) is 5.45. The Labute approximate surface area is 184 Å². The second kappa shape index (κ2) is 10.2. The quantitative estimate of drug-likeness (QED) is 0.466. The molecule has 0 fully saturated rings. The van der Waals surface area contributed by atoms with Crippen molar-refractivity contribution >= 4 is 5.91 Å². The average Bonchev–Trinajstić information content (AvgIpc) is 3.08. The Bertz CT molecular complexity index is 995. The molecule has 0 saturated carbocycles. The highest BCUT2D eigenvalue weighted by atomic mass is 16.5. The number of carbonyl (C=O) groups excluding carboxylic acids is 1. The minimum atomic E-state index is 0.121. The third-order valence-electron chi connectivity index (χ3n) is 5.00. The fraction of sp³-hybridized carbons (Fsp3) is 0.360. The van der Waals surface area contributed by atoms with E-state index in [0.717, 1.165) is 22.7 Å². The van der Waals surface area contributed by atoms with Crippen molar-refractivity contribution in [2.45, 2.75) is 40.7 Å². The van der Waals surface area contributed by atoms with Crippen LogP contribution < -0.4 is 9.47 Å². The van der Waals surface area contributed by atoms with Gasteiger partial charge < -0.3 is 14.4 Å². The Morgan fingerprint density at radius 1 is 1.06 bits per heavy atom. The number of carbonyl (C=O) groups is 1. The summed E-state index contributed by atoms with van der Waals surface area (Å²) in [6, 6.07) is 17.3. The molecule has 0 atom stereocenters. The Kier molecular flexibility index (Phi) is 7.34. The van der Waals surface area contributed by atoms with Gasteiger partial charge in [-0.25, -0.2) is 4.68 Å². The number of aryl methyl sites for hydroxylation is 1. The summed E-state index contributed by atoms with van der Waals surface area (Å²) in [4.78, 5) is 14.5. The first kappa shape index (κ1) is 22.4. The molecule has 0 radical (unpaired) electrons. The highest BCUT2D eigenvalue weighted by Crippen LogP contribution is 2.32. The second-order valence-corrected chi connectivity index (χ2v) is 7.92. The maximum Gasteiger partial charge on any atom is 0.227 e. The standard InChI is InChI=1S/C25H31N3O3/c1-6-24(29)27(16-18(2)3)17-23-19(4)26-28(20-10-8-7-9-11-20)25(23)31-22-14-12-21(30-5)13-15-22/h7-15,18H,6,16-17H2,1-5H3. The van der Waals surface area contributed by atoms with E-state index in [2.05, 4.69) is 13.8 Å². The zero-order valence-corrected chi connectivity index (χ0v) is 19.0. The van der Waals surface area contributed by atoms with E-state index < -0.39 is 0 Å². The Balaban J connectivity index is 2.04. The monoisotopic (exact) mass is 421 g/mol. The van der Waals surface area contributed by atoms with Gasteiger partial charge in [0.15, 0.2) is 0 Å². The van der Waals surface area contributed by atoms with Crippen LogP contribution in [0.2, 0.25) is 0 Å². The largest absolute Gasteiger partial charge is 0.497 e. The molecule has 0 bridgehead atoms. The van der Waals surface area contributed by atoms with E-state index >= 15 is 0 Å². The summed E-state index contributed by atoms with van der Waals surface area (Å²) in [5.41, 5.74) is 2.64. The molecule has 164 valence electrons. The summed E-state index contributed by atoms with van der Waals surface area (Å²) in [6.45, 7) is 9.22. The molecule has 0 N–H and O–H groups in total. The maximum atomic E-state index is 12.6. The van der Waals surface area contributed by atoms with Crippen LogP contribution in [0.1, 0.15) is 38.4 Å². The van der Waals surface area contributed by atoms with E-state index in [-0.39, 0.29) is 5.91 Å². The summed E-state index contributed by atoms with van der Waals surface area (Å²) in [7, 11) is 1.63. The molecule has 0 aliphatic heterocycles. The van der Waals surface area contributed by atoms with Crippen molar-refractivity contribution in [2.24, 2.45) is 5.92 Å². The molecule has 2 aromatic carbocycles. The molecule has 0 aliphatic rings. The normalized spacial score (nSPS) is 10.9. The number of aromatic nitrogens is 2. The van der Waals surface area contributed by atoms with Gasteiger partial charge >= 0.3 is 0 Å². The topological polar surface area (TPSA) is 56.6 Å². The molecular formula is C25H31N3O3. The molecule has 1 amide bonds. The lowest BCUT2D eigenvalue weighted by Gasteiger charge is -2.24. The predicted molar refractivity (Wildman–Crippen MR) is 122 cm³/mol. The van der Waals surface area contributed by atoms with Gasteiger partial charge in [0.05, 0.1) is 30.6 Å². The summed E-state index contributed by atoms with van der Waals surface area (Å²) in [5.74, 6) is 2.54. The van der Waals surface area contributed by atoms with Crippen molar-refractivity contribution in [2.75, 3.05) is 13.7 Å². The zero-order valence-electron chi connectivity index (χ0n) is 19.0. The van der Waals surface area contributed by atoms with Gasteiger partial charge in [-0.05, 0) is 49.2 Å². The number of para-hydroxylation sites is 1. The fourth-order valence-corrected chi connectivity index (χ4v) is 3.43. The van der Waals surface area contributed by atoms with Crippen molar-refractivity contribution in [3.05, 3.63) is 65.9 Å². The van der Waals surface area contributed by atoms with E-state index in [1.165, 1.54) is 0 Å². The van der Waals surface area contributed by atoms with Gasteiger partial charge in [0.1, 0.15) is 11.5 Å². The molecule has 31 heavy (non-hydrogen) atoms. The molecular weight excluding hydrogens is 390 g/mol. The van der Waals surface area contributed by atoms with Crippen LogP contribution in [0.4, 0.5) is 0 Å². The van der Waals surface area contributed by atoms with Gasteiger partial charge in [-0.15, -0.1) is 0 Å². The van der Waals surface area contributed by atoms with Crippen LogP contribution in [0.3, 0.4) is 0 Å². The number of hydrogen-bond acceptors (Lipinski definition) is 4. The van der Waals surface area contributed by atoms with Crippen molar-refractivity contribution < 1.29 is 14.3 Å². The first-order valence-electron chi connectivity index (χ1n) is 10.7. The smallest absolute Gasteiger partial charge is 0.227 e. The summed E-state index contributed by atoms with van der Waals surface area (Å²) in [6.07, 6.45) is 0.466.